The number of carboxylic acid groups (broad SMARTS) is 1. The van der Waals surface area contributed by atoms with Crippen LogP contribution in [0.15, 0.2) is 24.3 Å². The SMILES string of the molecule is Cc1ccccc1C(C)(C)CNCC(C)CC(=O)O. The van der Waals surface area contributed by atoms with Gasteiger partial charge in [-0.05, 0) is 30.5 Å². The first kappa shape index (κ1) is 15.7. The molecule has 0 radical (unpaired) electrons. The fourth-order valence-electron chi connectivity index (χ4n) is 2.43. The number of nitrogens with one attached hydrogen (secondary N) is 1. The number of rotatable bonds is 7. The molecular weight excluding hydrogens is 238 g/mol. The average molecular weight is 263 g/mol. The molecule has 1 aromatic carbocycles. The molecule has 0 spiro atoms. The molecule has 1 aromatic rings. The summed E-state index contributed by atoms with van der Waals surface area (Å²) in [5.74, 6) is -0.572. The minimum atomic E-state index is -0.729. The molecule has 1 unspecified atom stereocenters. The van der Waals surface area contributed by atoms with E-state index in [4.69, 9.17) is 5.11 Å². The van der Waals surface area contributed by atoms with Gasteiger partial charge in [0.15, 0.2) is 0 Å². The van der Waals surface area contributed by atoms with Crippen LogP contribution in [0.3, 0.4) is 0 Å². The lowest BCUT2D eigenvalue weighted by Crippen LogP contribution is -2.36. The molecule has 0 saturated heterocycles. The van der Waals surface area contributed by atoms with Crippen molar-refractivity contribution in [3.63, 3.8) is 0 Å². The van der Waals surface area contributed by atoms with Gasteiger partial charge in [-0.15, -0.1) is 0 Å². The van der Waals surface area contributed by atoms with Crippen molar-refractivity contribution < 1.29 is 9.90 Å². The second kappa shape index (κ2) is 6.71. The van der Waals surface area contributed by atoms with Crippen LogP contribution >= 0.6 is 0 Å². The highest BCUT2D eigenvalue weighted by molar-refractivity contribution is 5.66. The Hall–Kier alpha value is -1.35. The maximum absolute atomic E-state index is 10.6. The van der Waals surface area contributed by atoms with E-state index in [-0.39, 0.29) is 17.8 Å². The van der Waals surface area contributed by atoms with E-state index in [1.165, 1.54) is 11.1 Å². The summed E-state index contributed by atoms with van der Waals surface area (Å²) in [6, 6.07) is 8.41. The van der Waals surface area contributed by atoms with Crippen LogP contribution in [0.1, 0.15) is 38.3 Å². The predicted octanol–water partition coefficient (Wildman–Crippen LogP) is 2.97. The Kier molecular flexibility index (Phi) is 5.55. The van der Waals surface area contributed by atoms with Gasteiger partial charge in [-0.2, -0.15) is 0 Å². The van der Waals surface area contributed by atoms with E-state index in [0.29, 0.717) is 0 Å². The summed E-state index contributed by atoms with van der Waals surface area (Å²) in [6.07, 6.45) is 0.220. The first-order chi connectivity index (χ1) is 8.83. The molecule has 106 valence electrons. The van der Waals surface area contributed by atoms with Gasteiger partial charge in [-0.3, -0.25) is 4.79 Å². The van der Waals surface area contributed by atoms with E-state index in [1.54, 1.807) is 0 Å². The van der Waals surface area contributed by atoms with Gasteiger partial charge in [-0.1, -0.05) is 45.0 Å². The molecular formula is C16H25NO2. The lowest BCUT2D eigenvalue weighted by atomic mass is 9.82. The van der Waals surface area contributed by atoms with Crippen molar-refractivity contribution in [2.45, 2.75) is 39.5 Å². The standard InChI is InChI=1S/C16H25NO2/c1-12(9-15(18)19)10-17-11-16(3,4)14-8-6-5-7-13(14)2/h5-8,12,17H,9-11H2,1-4H3,(H,18,19). The molecule has 0 aliphatic carbocycles. The van der Waals surface area contributed by atoms with Gasteiger partial charge in [0.25, 0.3) is 0 Å². The van der Waals surface area contributed by atoms with Crippen LogP contribution in [0.5, 0.6) is 0 Å². The molecule has 3 nitrogen and oxygen atoms in total. The highest BCUT2D eigenvalue weighted by Crippen LogP contribution is 2.25. The van der Waals surface area contributed by atoms with Crippen molar-refractivity contribution in [3.8, 4) is 0 Å². The first-order valence-corrected chi connectivity index (χ1v) is 6.81. The molecule has 1 rings (SSSR count). The van der Waals surface area contributed by atoms with Gasteiger partial charge in [-0.25, -0.2) is 0 Å². The molecule has 2 N–H and O–H groups in total. The number of carboxylic acids is 1. The highest BCUT2D eigenvalue weighted by Gasteiger charge is 2.22. The average Bonchev–Trinajstić information content (AvgIpc) is 2.27. The zero-order chi connectivity index (χ0) is 14.5. The van der Waals surface area contributed by atoms with Crippen LogP contribution < -0.4 is 5.32 Å². The lowest BCUT2D eigenvalue weighted by molar-refractivity contribution is -0.137. The maximum Gasteiger partial charge on any atom is 0.303 e. The summed E-state index contributed by atoms with van der Waals surface area (Å²) in [5, 5.41) is 12.1. The summed E-state index contributed by atoms with van der Waals surface area (Å²) >= 11 is 0. The van der Waals surface area contributed by atoms with Crippen LogP contribution in [0, 0.1) is 12.8 Å². The maximum atomic E-state index is 10.6. The number of carbonyl (C=O) groups is 1. The van der Waals surface area contributed by atoms with E-state index in [1.807, 2.05) is 6.92 Å². The zero-order valence-corrected chi connectivity index (χ0v) is 12.4. The fourth-order valence-corrected chi connectivity index (χ4v) is 2.43. The molecule has 0 heterocycles. The van der Waals surface area contributed by atoms with Crippen molar-refractivity contribution in [1.82, 2.24) is 5.32 Å². The van der Waals surface area contributed by atoms with E-state index < -0.39 is 5.97 Å². The van der Waals surface area contributed by atoms with Crippen molar-refractivity contribution in [2.75, 3.05) is 13.1 Å². The normalized spacial score (nSPS) is 13.3. The van der Waals surface area contributed by atoms with Crippen LogP contribution in [0.2, 0.25) is 0 Å². The number of hydrogen-bond donors (Lipinski definition) is 2. The van der Waals surface area contributed by atoms with Crippen LogP contribution in [-0.4, -0.2) is 24.2 Å². The van der Waals surface area contributed by atoms with Crippen LogP contribution in [-0.2, 0) is 10.2 Å². The summed E-state index contributed by atoms with van der Waals surface area (Å²) in [5.41, 5.74) is 2.69. The van der Waals surface area contributed by atoms with Gasteiger partial charge in [0, 0.05) is 18.4 Å². The topological polar surface area (TPSA) is 49.3 Å². The Balaban J connectivity index is 2.52. The Morgan fingerprint density at radius 2 is 2.00 bits per heavy atom. The zero-order valence-electron chi connectivity index (χ0n) is 12.4. The third-order valence-electron chi connectivity index (χ3n) is 3.46. The quantitative estimate of drug-likeness (QED) is 0.795. The van der Waals surface area contributed by atoms with Crippen molar-refractivity contribution >= 4 is 5.97 Å². The number of hydrogen-bond acceptors (Lipinski definition) is 2. The molecule has 0 aliphatic heterocycles. The largest absolute Gasteiger partial charge is 0.481 e. The fraction of sp³-hybridized carbons (Fsp3) is 0.562. The van der Waals surface area contributed by atoms with Crippen molar-refractivity contribution in [2.24, 2.45) is 5.92 Å². The molecule has 0 amide bonds. The predicted molar refractivity (Wildman–Crippen MR) is 78.5 cm³/mol. The Labute approximate surface area is 116 Å². The van der Waals surface area contributed by atoms with E-state index >= 15 is 0 Å². The summed E-state index contributed by atoms with van der Waals surface area (Å²) in [7, 11) is 0. The van der Waals surface area contributed by atoms with Crippen molar-refractivity contribution in [1.29, 1.82) is 0 Å². The minimum absolute atomic E-state index is 0.0499. The van der Waals surface area contributed by atoms with Gasteiger partial charge in [0.1, 0.15) is 0 Å². The first-order valence-electron chi connectivity index (χ1n) is 6.81. The summed E-state index contributed by atoms with van der Waals surface area (Å²) in [6.45, 7) is 10.1. The molecule has 0 bridgehead atoms. The molecule has 19 heavy (non-hydrogen) atoms. The Bertz CT molecular complexity index is 427. The summed E-state index contributed by atoms with van der Waals surface area (Å²) in [4.78, 5) is 10.6. The molecule has 0 aliphatic rings. The number of aryl methyl sites for hydroxylation is 1. The minimum Gasteiger partial charge on any atom is -0.481 e. The van der Waals surface area contributed by atoms with E-state index in [2.05, 4.69) is 50.4 Å². The van der Waals surface area contributed by atoms with E-state index in [9.17, 15) is 4.79 Å². The Morgan fingerprint density at radius 1 is 1.37 bits per heavy atom. The summed E-state index contributed by atoms with van der Waals surface area (Å²) < 4.78 is 0. The van der Waals surface area contributed by atoms with Gasteiger partial charge >= 0.3 is 5.97 Å². The highest BCUT2D eigenvalue weighted by atomic mass is 16.4. The van der Waals surface area contributed by atoms with Gasteiger partial charge < -0.3 is 10.4 Å². The number of aliphatic carboxylic acids is 1. The molecule has 0 fully saturated rings. The second-order valence-corrected chi connectivity index (χ2v) is 6.03. The second-order valence-electron chi connectivity index (χ2n) is 6.03. The third-order valence-corrected chi connectivity index (χ3v) is 3.46. The molecule has 3 heteroatoms. The molecule has 0 saturated carbocycles. The van der Waals surface area contributed by atoms with Crippen molar-refractivity contribution in [3.05, 3.63) is 35.4 Å². The monoisotopic (exact) mass is 263 g/mol. The van der Waals surface area contributed by atoms with Crippen LogP contribution in [0.25, 0.3) is 0 Å². The number of benzene rings is 1. The van der Waals surface area contributed by atoms with Gasteiger partial charge in [0.2, 0.25) is 0 Å². The third kappa shape index (κ3) is 5.03. The molecule has 1 atom stereocenters. The van der Waals surface area contributed by atoms with Gasteiger partial charge in [0.05, 0.1) is 0 Å². The smallest absolute Gasteiger partial charge is 0.303 e. The van der Waals surface area contributed by atoms with Crippen LogP contribution in [0.4, 0.5) is 0 Å². The lowest BCUT2D eigenvalue weighted by Gasteiger charge is -2.28. The Morgan fingerprint density at radius 3 is 2.58 bits per heavy atom. The van der Waals surface area contributed by atoms with E-state index in [0.717, 1.165) is 13.1 Å². The molecule has 0 aromatic heterocycles.